The standard InChI is InChI=1S/C30H37N5O5/c1-6-15-35-28(37)26-25(27(36)31-14-13-22-11-12-23(39-4)16-24(22)40-5)33-19-34(26)18-30(35,3)29(38)32-17-21-9-7-20(2)8-10-21/h7-12,16,19H,6,13-15,17-18H2,1-5H3,(H,31,36)(H,32,38). The van der Waals surface area contributed by atoms with Crippen LogP contribution >= 0.6 is 0 Å². The number of carbonyl (C=O) groups is 3. The number of fused-ring (bicyclic) bond motifs is 1. The van der Waals surface area contributed by atoms with Crippen LogP contribution in [0.15, 0.2) is 48.8 Å². The first-order chi connectivity index (χ1) is 19.2. The van der Waals surface area contributed by atoms with Crippen molar-refractivity contribution in [2.24, 2.45) is 0 Å². The van der Waals surface area contributed by atoms with E-state index in [1.807, 2.05) is 50.2 Å². The molecule has 2 heterocycles. The van der Waals surface area contributed by atoms with Gasteiger partial charge in [-0.05, 0) is 43.9 Å². The topological polar surface area (TPSA) is 115 Å². The van der Waals surface area contributed by atoms with Gasteiger partial charge in [0.25, 0.3) is 11.8 Å². The molecule has 0 fully saturated rings. The Balaban J connectivity index is 1.48. The summed E-state index contributed by atoms with van der Waals surface area (Å²) in [5, 5.41) is 5.86. The summed E-state index contributed by atoms with van der Waals surface area (Å²) in [5.41, 5.74) is 2.13. The third-order valence-corrected chi connectivity index (χ3v) is 7.26. The average Bonchev–Trinajstić information content (AvgIpc) is 3.38. The lowest BCUT2D eigenvalue weighted by molar-refractivity contribution is -0.133. The fourth-order valence-corrected chi connectivity index (χ4v) is 4.96. The van der Waals surface area contributed by atoms with Crippen molar-refractivity contribution in [3.8, 4) is 11.5 Å². The van der Waals surface area contributed by atoms with Gasteiger partial charge < -0.3 is 29.6 Å². The van der Waals surface area contributed by atoms with Crippen molar-refractivity contribution in [1.29, 1.82) is 0 Å². The fourth-order valence-electron chi connectivity index (χ4n) is 4.96. The molecule has 2 aromatic carbocycles. The Morgan fingerprint density at radius 1 is 1.07 bits per heavy atom. The fraction of sp³-hybridized carbons (Fsp3) is 0.400. The van der Waals surface area contributed by atoms with Crippen LogP contribution in [0.4, 0.5) is 0 Å². The first-order valence-corrected chi connectivity index (χ1v) is 13.4. The van der Waals surface area contributed by atoms with E-state index in [0.29, 0.717) is 44.0 Å². The number of nitrogens with zero attached hydrogens (tertiary/aromatic N) is 3. The Morgan fingerprint density at radius 3 is 2.50 bits per heavy atom. The number of benzene rings is 2. The van der Waals surface area contributed by atoms with E-state index in [1.165, 1.54) is 6.33 Å². The Hall–Kier alpha value is -4.34. The number of carbonyl (C=O) groups excluding carboxylic acids is 3. The average molecular weight is 548 g/mol. The molecule has 10 nitrogen and oxygen atoms in total. The van der Waals surface area contributed by atoms with E-state index < -0.39 is 11.4 Å². The third kappa shape index (κ3) is 5.80. The molecule has 0 bridgehead atoms. The normalized spacial score (nSPS) is 16.3. The highest BCUT2D eigenvalue weighted by Crippen LogP contribution is 2.29. The maximum atomic E-state index is 13.7. The third-order valence-electron chi connectivity index (χ3n) is 7.26. The van der Waals surface area contributed by atoms with Crippen LogP contribution < -0.4 is 20.1 Å². The second kappa shape index (κ2) is 12.2. The van der Waals surface area contributed by atoms with Gasteiger partial charge in [0, 0.05) is 25.7 Å². The Morgan fingerprint density at radius 2 is 1.82 bits per heavy atom. The van der Waals surface area contributed by atoms with Crippen molar-refractivity contribution in [3.63, 3.8) is 0 Å². The predicted octanol–water partition coefficient (Wildman–Crippen LogP) is 3.12. The van der Waals surface area contributed by atoms with Crippen molar-refractivity contribution in [1.82, 2.24) is 25.1 Å². The summed E-state index contributed by atoms with van der Waals surface area (Å²) in [5.74, 6) is 0.256. The minimum absolute atomic E-state index is 0.0508. The van der Waals surface area contributed by atoms with Crippen molar-refractivity contribution in [2.45, 2.75) is 52.2 Å². The molecule has 1 aliphatic heterocycles. The molecule has 3 amide bonds. The number of methoxy groups -OCH3 is 2. The molecule has 212 valence electrons. The Labute approximate surface area is 234 Å². The number of rotatable bonds is 11. The summed E-state index contributed by atoms with van der Waals surface area (Å²) >= 11 is 0. The summed E-state index contributed by atoms with van der Waals surface area (Å²) in [7, 11) is 3.17. The highest BCUT2D eigenvalue weighted by Gasteiger charge is 2.48. The highest BCUT2D eigenvalue weighted by molar-refractivity contribution is 6.07. The molecule has 0 radical (unpaired) electrons. The van der Waals surface area contributed by atoms with Gasteiger partial charge >= 0.3 is 0 Å². The predicted molar refractivity (Wildman–Crippen MR) is 151 cm³/mol. The van der Waals surface area contributed by atoms with Crippen molar-refractivity contribution in [2.75, 3.05) is 27.3 Å². The number of imidazole rings is 1. The molecule has 4 rings (SSSR count). The van der Waals surface area contributed by atoms with Crippen molar-refractivity contribution >= 4 is 17.7 Å². The maximum absolute atomic E-state index is 13.7. The molecule has 1 atom stereocenters. The zero-order valence-electron chi connectivity index (χ0n) is 23.7. The second-order valence-corrected chi connectivity index (χ2v) is 10.2. The molecule has 1 aliphatic rings. The quantitative estimate of drug-likeness (QED) is 0.381. The van der Waals surface area contributed by atoms with Crippen LogP contribution in [0.2, 0.25) is 0 Å². The molecule has 0 saturated carbocycles. The largest absolute Gasteiger partial charge is 0.497 e. The molecule has 3 aromatic rings. The minimum atomic E-state index is -1.13. The number of hydrogen-bond donors (Lipinski definition) is 2. The van der Waals surface area contributed by atoms with Gasteiger partial charge in [-0.1, -0.05) is 42.8 Å². The summed E-state index contributed by atoms with van der Waals surface area (Å²) in [4.78, 5) is 46.2. The molecule has 1 unspecified atom stereocenters. The Kier molecular flexibility index (Phi) is 8.77. The first kappa shape index (κ1) is 28.7. The lowest BCUT2D eigenvalue weighted by Gasteiger charge is -2.43. The van der Waals surface area contributed by atoms with Gasteiger partial charge in [0.05, 0.1) is 27.1 Å². The summed E-state index contributed by atoms with van der Waals surface area (Å²) in [6.45, 7) is 6.95. The molecule has 2 N–H and O–H groups in total. The highest BCUT2D eigenvalue weighted by atomic mass is 16.5. The number of aromatic nitrogens is 2. The van der Waals surface area contributed by atoms with Crippen LogP contribution in [-0.2, 0) is 24.3 Å². The smallest absolute Gasteiger partial charge is 0.273 e. The zero-order valence-corrected chi connectivity index (χ0v) is 23.7. The van der Waals surface area contributed by atoms with Gasteiger partial charge in [-0.25, -0.2) is 4.98 Å². The first-order valence-electron chi connectivity index (χ1n) is 13.4. The van der Waals surface area contributed by atoms with Crippen LogP contribution in [0.25, 0.3) is 0 Å². The molecular formula is C30H37N5O5. The second-order valence-electron chi connectivity index (χ2n) is 10.2. The van der Waals surface area contributed by atoms with Crippen LogP contribution in [-0.4, -0.2) is 65.0 Å². The number of ether oxygens (including phenoxy) is 2. The summed E-state index contributed by atoms with van der Waals surface area (Å²) in [6.07, 6.45) is 2.64. The lowest BCUT2D eigenvalue weighted by atomic mass is 9.93. The molecule has 40 heavy (non-hydrogen) atoms. The number of nitrogens with one attached hydrogen (secondary N) is 2. The van der Waals surface area contributed by atoms with Gasteiger partial charge in [0.2, 0.25) is 5.91 Å². The monoisotopic (exact) mass is 547 g/mol. The van der Waals surface area contributed by atoms with Gasteiger partial charge in [-0.15, -0.1) is 0 Å². The molecule has 1 aromatic heterocycles. The Bertz CT molecular complexity index is 1380. The number of hydrogen-bond acceptors (Lipinski definition) is 6. The van der Waals surface area contributed by atoms with Crippen LogP contribution in [0.1, 0.15) is 57.9 Å². The van der Waals surface area contributed by atoms with E-state index >= 15 is 0 Å². The summed E-state index contributed by atoms with van der Waals surface area (Å²) in [6, 6.07) is 13.4. The van der Waals surface area contributed by atoms with Gasteiger partial charge in [0.15, 0.2) is 5.69 Å². The van der Waals surface area contributed by atoms with E-state index in [2.05, 4.69) is 15.6 Å². The molecule has 0 spiro atoms. The van der Waals surface area contributed by atoms with Gasteiger partial charge in [-0.2, -0.15) is 0 Å². The van der Waals surface area contributed by atoms with Gasteiger partial charge in [0.1, 0.15) is 22.7 Å². The van der Waals surface area contributed by atoms with E-state index in [0.717, 1.165) is 16.7 Å². The molecule has 0 saturated heterocycles. The van der Waals surface area contributed by atoms with E-state index in [-0.39, 0.29) is 29.7 Å². The molecule has 10 heteroatoms. The van der Waals surface area contributed by atoms with Crippen LogP contribution in [0, 0.1) is 6.92 Å². The molecule has 0 aliphatic carbocycles. The SMILES string of the molecule is CCCN1C(=O)c2c(C(=O)NCCc3ccc(OC)cc3OC)ncn2CC1(C)C(=O)NCc1ccc(C)cc1. The van der Waals surface area contributed by atoms with Crippen molar-refractivity contribution in [3.05, 3.63) is 76.9 Å². The minimum Gasteiger partial charge on any atom is -0.497 e. The zero-order chi connectivity index (χ0) is 28.9. The maximum Gasteiger partial charge on any atom is 0.273 e. The van der Waals surface area contributed by atoms with Gasteiger partial charge in [-0.3, -0.25) is 14.4 Å². The van der Waals surface area contributed by atoms with E-state index in [1.54, 1.807) is 36.7 Å². The van der Waals surface area contributed by atoms with Crippen molar-refractivity contribution < 1.29 is 23.9 Å². The van der Waals surface area contributed by atoms with E-state index in [9.17, 15) is 14.4 Å². The number of amides is 3. The number of aryl methyl sites for hydroxylation is 1. The summed E-state index contributed by atoms with van der Waals surface area (Å²) < 4.78 is 12.3. The van der Waals surface area contributed by atoms with Crippen LogP contribution in [0.3, 0.4) is 0 Å². The molecular weight excluding hydrogens is 510 g/mol. The lowest BCUT2D eigenvalue weighted by Crippen LogP contribution is -2.64. The van der Waals surface area contributed by atoms with Crippen LogP contribution in [0.5, 0.6) is 11.5 Å². The van der Waals surface area contributed by atoms with E-state index in [4.69, 9.17) is 9.47 Å².